The summed E-state index contributed by atoms with van der Waals surface area (Å²) in [4.78, 5) is 19.8. The molecule has 0 fully saturated rings. The number of pyridine rings is 3. The molecule has 10 rings (SSSR count). The summed E-state index contributed by atoms with van der Waals surface area (Å²) in [5.41, 5.74) is 9.30. The van der Waals surface area contributed by atoms with Crippen molar-refractivity contribution in [3.63, 3.8) is 0 Å². The molecule has 0 aliphatic rings. The molecule has 8 heteroatoms. The molecular formula is C38H23N7O. The van der Waals surface area contributed by atoms with Crippen LogP contribution >= 0.6 is 0 Å². The third-order valence-corrected chi connectivity index (χ3v) is 8.57. The normalized spacial score (nSPS) is 11.9. The van der Waals surface area contributed by atoms with Crippen LogP contribution in [0.25, 0.3) is 72.4 Å². The van der Waals surface area contributed by atoms with Crippen LogP contribution in [-0.2, 0) is 0 Å². The average Bonchev–Trinajstić information content (AvgIpc) is 3.77. The van der Waals surface area contributed by atoms with E-state index in [2.05, 4.69) is 56.0 Å². The highest BCUT2D eigenvalue weighted by Gasteiger charge is 2.20. The minimum absolute atomic E-state index is 0.480. The molecule has 6 aromatic heterocycles. The van der Waals surface area contributed by atoms with Gasteiger partial charge in [-0.3, -0.25) is 18.4 Å². The zero-order valence-electron chi connectivity index (χ0n) is 24.3. The number of imidazole rings is 3. The number of hydrogen-bond donors (Lipinski definition) is 0. The predicted molar refractivity (Wildman–Crippen MR) is 181 cm³/mol. The van der Waals surface area contributed by atoms with Crippen LogP contribution < -0.4 is 4.74 Å². The summed E-state index contributed by atoms with van der Waals surface area (Å²) in [7, 11) is 0. The number of nitrogens with zero attached hydrogens (tertiary/aromatic N) is 7. The first-order valence-electron chi connectivity index (χ1n) is 15.1. The second-order valence-corrected chi connectivity index (χ2v) is 11.3. The number of ether oxygens (including phenoxy) is 1. The molecule has 216 valence electrons. The summed E-state index contributed by atoms with van der Waals surface area (Å²) in [5, 5.41) is 2.01. The lowest BCUT2D eigenvalue weighted by atomic mass is 10.0. The molecule has 8 nitrogen and oxygen atoms in total. The predicted octanol–water partition coefficient (Wildman–Crippen LogP) is 8.63. The van der Waals surface area contributed by atoms with E-state index in [1.807, 2.05) is 97.2 Å². The molecule has 10 aromatic rings. The van der Waals surface area contributed by atoms with E-state index in [1.165, 1.54) is 0 Å². The summed E-state index contributed by atoms with van der Waals surface area (Å²) in [6.45, 7) is 0. The Morgan fingerprint density at radius 1 is 0.587 bits per heavy atom. The molecule has 46 heavy (non-hydrogen) atoms. The highest BCUT2D eigenvalue weighted by molar-refractivity contribution is 6.07. The largest absolute Gasteiger partial charge is 0.439 e. The Morgan fingerprint density at radius 2 is 1.37 bits per heavy atom. The second kappa shape index (κ2) is 9.48. The lowest BCUT2D eigenvalue weighted by molar-refractivity contribution is 0.465. The monoisotopic (exact) mass is 593 g/mol. The smallest absolute Gasteiger partial charge is 0.221 e. The van der Waals surface area contributed by atoms with Gasteiger partial charge in [-0.05, 0) is 78.2 Å². The molecule has 0 N–H and O–H groups in total. The Bertz CT molecular complexity index is 2780. The maximum Gasteiger partial charge on any atom is 0.221 e. The first kappa shape index (κ1) is 24.9. The van der Waals surface area contributed by atoms with Crippen molar-refractivity contribution in [2.45, 2.75) is 0 Å². The highest BCUT2D eigenvalue weighted by Crippen LogP contribution is 2.38. The standard InChI is InChI=1S/C38H23N7O/c1-2-10-25(11-3-1)44-36-33(45-32-16-7-5-14-30(32)41-38(44)45)17-18-34(42-36)46-26-22-24-19-21-43-31-15-6-4-13-29(31)40-37(43)35(24)27(23-26)28-12-8-9-20-39-28/h1-23H. The van der Waals surface area contributed by atoms with Gasteiger partial charge >= 0.3 is 0 Å². The molecule has 0 aliphatic heterocycles. The van der Waals surface area contributed by atoms with E-state index in [1.54, 1.807) is 0 Å². The van der Waals surface area contributed by atoms with E-state index in [4.69, 9.17) is 24.7 Å². The summed E-state index contributed by atoms with van der Waals surface area (Å²) >= 11 is 0. The minimum atomic E-state index is 0.480. The van der Waals surface area contributed by atoms with Crippen molar-refractivity contribution in [3.05, 3.63) is 140 Å². The molecule has 0 bridgehead atoms. The average molecular weight is 594 g/mol. The number of fused-ring (bicyclic) bond motifs is 10. The number of hydrogen-bond acceptors (Lipinski definition) is 5. The summed E-state index contributed by atoms with van der Waals surface area (Å²) in [6, 6.07) is 42.6. The van der Waals surface area contributed by atoms with E-state index in [0.29, 0.717) is 11.6 Å². The number of aromatic nitrogens is 7. The van der Waals surface area contributed by atoms with Gasteiger partial charge in [0, 0.05) is 29.4 Å². The van der Waals surface area contributed by atoms with Gasteiger partial charge in [-0.15, -0.1) is 0 Å². The van der Waals surface area contributed by atoms with Crippen LogP contribution in [0.4, 0.5) is 0 Å². The molecule has 0 aliphatic carbocycles. The molecule has 0 spiro atoms. The highest BCUT2D eigenvalue weighted by atomic mass is 16.5. The SMILES string of the molecule is c1ccc(-n2c3nc(Oc4cc(-c5ccccn5)c5c(ccn6c7ccccc7nc56)c4)ccc3n3c4ccccc4nc23)cc1. The Balaban J connectivity index is 1.18. The van der Waals surface area contributed by atoms with Crippen LogP contribution in [0, 0.1) is 0 Å². The van der Waals surface area contributed by atoms with E-state index in [9.17, 15) is 0 Å². The zero-order valence-corrected chi connectivity index (χ0v) is 24.3. The van der Waals surface area contributed by atoms with Crippen LogP contribution in [0.1, 0.15) is 0 Å². The van der Waals surface area contributed by atoms with Gasteiger partial charge in [-0.2, -0.15) is 4.98 Å². The molecule has 0 saturated carbocycles. The number of rotatable bonds is 4. The maximum atomic E-state index is 6.57. The summed E-state index contributed by atoms with van der Waals surface area (Å²) in [6.07, 6.45) is 3.88. The van der Waals surface area contributed by atoms with Crippen LogP contribution in [-0.4, -0.2) is 33.3 Å². The van der Waals surface area contributed by atoms with E-state index in [-0.39, 0.29) is 0 Å². The fraction of sp³-hybridized carbons (Fsp3) is 0. The van der Waals surface area contributed by atoms with Crippen molar-refractivity contribution in [3.8, 4) is 28.6 Å². The van der Waals surface area contributed by atoms with Gasteiger partial charge in [0.25, 0.3) is 0 Å². The molecule has 0 radical (unpaired) electrons. The fourth-order valence-corrected chi connectivity index (χ4v) is 6.58. The molecule has 0 saturated heterocycles. The second-order valence-electron chi connectivity index (χ2n) is 11.3. The fourth-order valence-electron chi connectivity index (χ4n) is 6.58. The van der Waals surface area contributed by atoms with E-state index < -0.39 is 0 Å². The lowest BCUT2D eigenvalue weighted by Gasteiger charge is -2.12. The van der Waals surface area contributed by atoms with Gasteiger partial charge in [-0.25, -0.2) is 9.97 Å². The van der Waals surface area contributed by atoms with Crippen LogP contribution in [0.5, 0.6) is 11.6 Å². The van der Waals surface area contributed by atoms with Crippen molar-refractivity contribution in [1.29, 1.82) is 0 Å². The third kappa shape index (κ3) is 3.61. The van der Waals surface area contributed by atoms with Crippen LogP contribution in [0.3, 0.4) is 0 Å². The van der Waals surface area contributed by atoms with Crippen molar-refractivity contribution >= 4 is 55.4 Å². The van der Waals surface area contributed by atoms with Crippen LogP contribution in [0.15, 0.2) is 140 Å². The van der Waals surface area contributed by atoms with Gasteiger partial charge in [0.1, 0.15) is 11.4 Å². The molecule has 0 unspecified atom stereocenters. The summed E-state index contributed by atoms with van der Waals surface area (Å²) in [5.74, 6) is 1.94. The van der Waals surface area contributed by atoms with Gasteiger partial charge in [0.05, 0.1) is 39.0 Å². The van der Waals surface area contributed by atoms with E-state index >= 15 is 0 Å². The molecule has 6 heterocycles. The zero-order chi connectivity index (χ0) is 30.2. The Labute approximate surface area is 261 Å². The minimum Gasteiger partial charge on any atom is -0.439 e. The lowest BCUT2D eigenvalue weighted by Crippen LogP contribution is -1.97. The van der Waals surface area contributed by atoms with Crippen molar-refractivity contribution in [2.24, 2.45) is 0 Å². The molecule has 0 amide bonds. The maximum absolute atomic E-state index is 6.57. The van der Waals surface area contributed by atoms with Gasteiger partial charge in [0.15, 0.2) is 5.65 Å². The van der Waals surface area contributed by atoms with Crippen molar-refractivity contribution in [1.82, 2.24) is 33.3 Å². The van der Waals surface area contributed by atoms with Gasteiger partial charge in [0.2, 0.25) is 11.7 Å². The van der Waals surface area contributed by atoms with Crippen LogP contribution in [0.2, 0.25) is 0 Å². The third-order valence-electron chi connectivity index (χ3n) is 8.57. The van der Waals surface area contributed by atoms with Crippen molar-refractivity contribution in [2.75, 3.05) is 0 Å². The molecular weight excluding hydrogens is 570 g/mol. The number of benzene rings is 4. The Morgan fingerprint density at radius 3 is 2.22 bits per heavy atom. The Kier molecular flexibility index (Phi) is 5.12. The molecule has 4 aromatic carbocycles. The van der Waals surface area contributed by atoms with E-state index in [0.717, 1.165) is 72.4 Å². The van der Waals surface area contributed by atoms with Gasteiger partial charge < -0.3 is 4.74 Å². The first-order valence-corrected chi connectivity index (χ1v) is 15.1. The number of para-hydroxylation sites is 5. The van der Waals surface area contributed by atoms with Crippen molar-refractivity contribution < 1.29 is 4.74 Å². The first-order chi connectivity index (χ1) is 22.8. The molecule has 0 atom stereocenters. The topological polar surface area (TPSA) is 74.5 Å². The van der Waals surface area contributed by atoms with Gasteiger partial charge in [-0.1, -0.05) is 48.5 Å². The Hall–Kier alpha value is -6.54. The summed E-state index contributed by atoms with van der Waals surface area (Å²) < 4.78 is 12.9. The quantitative estimate of drug-likeness (QED) is 0.204.